The number of halogens is 5. The molecule has 3 aromatic rings. The Hall–Kier alpha value is -3.56. The van der Waals surface area contributed by atoms with Crippen LogP contribution in [0.5, 0.6) is 0 Å². The molecule has 2 aromatic carbocycles. The second-order valence-corrected chi connectivity index (χ2v) is 5.54. The van der Waals surface area contributed by atoms with E-state index in [1.54, 1.807) is 0 Å². The standard InChI is InChI=1S/C18H11F5N4O/c19-11-5-6-15(13(20)7-11)26-16(28)10-8-24-17(25-9-10)27-14-4-2-1-3-12(14)18(21,22)23/h1-9H,(H,26,28)(H,24,25,27). The van der Waals surface area contributed by atoms with E-state index in [0.717, 1.165) is 30.6 Å². The number of nitrogens with zero attached hydrogens (tertiary/aromatic N) is 2. The van der Waals surface area contributed by atoms with Crippen LogP contribution in [0.3, 0.4) is 0 Å². The molecule has 0 radical (unpaired) electrons. The molecule has 0 unspecified atom stereocenters. The number of hydrogen-bond donors (Lipinski definition) is 2. The van der Waals surface area contributed by atoms with Crippen molar-refractivity contribution in [3.8, 4) is 0 Å². The molecule has 0 bridgehead atoms. The van der Waals surface area contributed by atoms with Crippen LogP contribution in [-0.4, -0.2) is 15.9 Å². The van der Waals surface area contributed by atoms with Gasteiger partial charge in [0.1, 0.15) is 11.6 Å². The van der Waals surface area contributed by atoms with Crippen LogP contribution in [0.25, 0.3) is 0 Å². The van der Waals surface area contributed by atoms with Crippen molar-refractivity contribution in [3.63, 3.8) is 0 Å². The van der Waals surface area contributed by atoms with Crippen molar-refractivity contribution in [2.75, 3.05) is 10.6 Å². The number of anilines is 3. The normalized spacial score (nSPS) is 11.2. The van der Waals surface area contributed by atoms with Crippen LogP contribution in [-0.2, 0) is 6.18 Å². The van der Waals surface area contributed by atoms with Crippen LogP contribution >= 0.6 is 0 Å². The number of para-hydroxylation sites is 1. The molecule has 1 heterocycles. The molecular formula is C18H11F5N4O. The third kappa shape index (κ3) is 4.40. The van der Waals surface area contributed by atoms with E-state index < -0.39 is 29.3 Å². The fraction of sp³-hybridized carbons (Fsp3) is 0.0556. The summed E-state index contributed by atoms with van der Waals surface area (Å²) in [5, 5.41) is 4.66. The summed E-state index contributed by atoms with van der Waals surface area (Å²) in [6.07, 6.45) is -2.45. The number of carbonyl (C=O) groups excluding carboxylic acids is 1. The summed E-state index contributed by atoms with van der Waals surface area (Å²) in [5.41, 5.74) is -1.46. The van der Waals surface area contributed by atoms with Gasteiger partial charge in [0, 0.05) is 18.5 Å². The van der Waals surface area contributed by atoms with Crippen LogP contribution in [0.4, 0.5) is 39.3 Å². The first kappa shape index (κ1) is 19.2. The van der Waals surface area contributed by atoms with Crippen LogP contribution in [0.1, 0.15) is 15.9 Å². The largest absolute Gasteiger partial charge is 0.418 e. The minimum Gasteiger partial charge on any atom is -0.324 e. The molecule has 0 spiro atoms. The molecule has 28 heavy (non-hydrogen) atoms. The van der Waals surface area contributed by atoms with Gasteiger partial charge in [-0.3, -0.25) is 4.79 Å². The number of alkyl halides is 3. The molecule has 1 amide bonds. The number of rotatable bonds is 4. The smallest absolute Gasteiger partial charge is 0.324 e. The molecule has 0 aliphatic carbocycles. The van der Waals surface area contributed by atoms with Gasteiger partial charge in [-0.15, -0.1) is 0 Å². The minimum atomic E-state index is -4.57. The lowest BCUT2D eigenvalue weighted by Crippen LogP contribution is -2.14. The van der Waals surface area contributed by atoms with E-state index in [2.05, 4.69) is 20.6 Å². The fourth-order valence-electron chi connectivity index (χ4n) is 2.25. The Balaban J connectivity index is 1.74. The van der Waals surface area contributed by atoms with Gasteiger partial charge in [0.05, 0.1) is 22.5 Å². The minimum absolute atomic E-state index is 0.0709. The molecule has 2 N–H and O–H groups in total. The molecular weight excluding hydrogens is 383 g/mol. The summed E-state index contributed by atoms with van der Waals surface area (Å²) < 4.78 is 65.5. The summed E-state index contributed by atoms with van der Waals surface area (Å²) >= 11 is 0. The lowest BCUT2D eigenvalue weighted by atomic mass is 10.1. The number of aromatic nitrogens is 2. The Labute approximate surface area is 155 Å². The molecule has 5 nitrogen and oxygen atoms in total. The SMILES string of the molecule is O=C(Nc1ccc(F)cc1F)c1cnc(Nc2ccccc2C(F)(F)F)nc1. The lowest BCUT2D eigenvalue weighted by molar-refractivity contribution is -0.136. The van der Waals surface area contributed by atoms with Crippen molar-refractivity contribution in [2.24, 2.45) is 0 Å². The fourth-order valence-corrected chi connectivity index (χ4v) is 2.25. The highest BCUT2D eigenvalue weighted by atomic mass is 19.4. The molecule has 1 aromatic heterocycles. The maximum atomic E-state index is 13.6. The Morgan fingerprint density at radius 1 is 0.929 bits per heavy atom. The molecule has 0 aliphatic heterocycles. The van der Waals surface area contributed by atoms with Crippen molar-refractivity contribution in [1.82, 2.24) is 9.97 Å². The maximum Gasteiger partial charge on any atom is 0.418 e. The van der Waals surface area contributed by atoms with E-state index in [1.165, 1.54) is 18.2 Å². The molecule has 0 atom stereocenters. The van der Waals surface area contributed by atoms with E-state index in [1.807, 2.05) is 0 Å². The van der Waals surface area contributed by atoms with Crippen LogP contribution in [0.15, 0.2) is 54.9 Å². The summed E-state index contributed by atoms with van der Waals surface area (Å²) in [5.74, 6) is -2.70. The highest BCUT2D eigenvalue weighted by Gasteiger charge is 2.33. The molecule has 0 fully saturated rings. The van der Waals surface area contributed by atoms with Crippen molar-refractivity contribution >= 4 is 23.2 Å². The molecule has 3 rings (SSSR count). The topological polar surface area (TPSA) is 66.9 Å². The van der Waals surface area contributed by atoms with E-state index in [-0.39, 0.29) is 22.9 Å². The molecule has 0 aliphatic rings. The Morgan fingerprint density at radius 2 is 1.61 bits per heavy atom. The van der Waals surface area contributed by atoms with Gasteiger partial charge in [0.25, 0.3) is 5.91 Å². The van der Waals surface area contributed by atoms with Crippen LogP contribution in [0, 0.1) is 11.6 Å². The van der Waals surface area contributed by atoms with E-state index in [9.17, 15) is 26.7 Å². The highest BCUT2D eigenvalue weighted by Crippen LogP contribution is 2.35. The average Bonchev–Trinajstić information content (AvgIpc) is 2.64. The van der Waals surface area contributed by atoms with Gasteiger partial charge in [0.2, 0.25) is 5.95 Å². The van der Waals surface area contributed by atoms with Gasteiger partial charge in [-0.25, -0.2) is 18.7 Å². The average molecular weight is 394 g/mol. The zero-order valence-electron chi connectivity index (χ0n) is 13.9. The van der Waals surface area contributed by atoms with E-state index >= 15 is 0 Å². The van der Waals surface area contributed by atoms with E-state index in [4.69, 9.17) is 0 Å². The van der Waals surface area contributed by atoms with E-state index in [0.29, 0.717) is 6.07 Å². The van der Waals surface area contributed by atoms with Gasteiger partial charge in [-0.1, -0.05) is 12.1 Å². The molecule has 144 valence electrons. The number of hydrogen-bond acceptors (Lipinski definition) is 4. The quantitative estimate of drug-likeness (QED) is 0.626. The second-order valence-electron chi connectivity index (χ2n) is 5.54. The van der Waals surface area contributed by atoms with Crippen molar-refractivity contribution < 1.29 is 26.7 Å². The van der Waals surface area contributed by atoms with Gasteiger partial charge in [0.15, 0.2) is 0 Å². The molecule has 0 saturated heterocycles. The van der Waals surface area contributed by atoms with Crippen LogP contribution < -0.4 is 10.6 Å². The molecule has 10 heteroatoms. The molecule has 0 saturated carbocycles. The third-order valence-corrected chi connectivity index (χ3v) is 3.57. The Kier molecular flexibility index (Phi) is 5.21. The zero-order chi connectivity index (χ0) is 20.3. The summed E-state index contributed by atoms with van der Waals surface area (Å²) in [7, 11) is 0. The van der Waals surface area contributed by atoms with Crippen molar-refractivity contribution in [3.05, 3.63) is 77.6 Å². The summed E-state index contributed by atoms with van der Waals surface area (Å²) in [6.45, 7) is 0. The van der Waals surface area contributed by atoms with Gasteiger partial charge < -0.3 is 10.6 Å². The summed E-state index contributed by atoms with van der Waals surface area (Å²) in [6, 6.07) is 7.41. The Bertz CT molecular complexity index is 1010. The second kappa shape index (κ2) is 7.59. The monoisotopic (exact) mass is 394 g/mol. The first-order chi connectivity index (χ1) is 13.2. The number of nitrogens with one attached hydrogen (secondary N) is 2. The van der Waals surface area contributed by atoms with Gasteiger partial charge >= 0.3 is 6.18 Å². The lowest BCUT2D eigenvalue weighted by Gasteiger charge is -2.13. The maximum absolute atomic E-state index is 13.6. The van der Waals surface area contributed by atoms with Gasteiger partial charge in [-0.2, -0.15) is 13.2 Å². The number of amides is 1. The first-order valence-electron chi connectivity index (χ1n) is 7.76. The van der Waals surface area contributed by atoms with Crippen LogP contribution in [0.2, 0.25) is 0 Å². The van der Waals surface area contributed by atoms with Crippen molar-refractivity contribution in [1.29, 1.82) is 0 Å². The Morgan fingerprint density at radius 3 is 2.25 bits per heavy atom. The highest BCUT2D eigenvalue weighted by molar-refractivity contribution is 6.03. The predicted molar refractivity (Wildman–Crippen MR) is 91.1 cm³/mol. The number of benzene rings is 2. The summed E-state index contributed by atoms with van der Waals surface area (Å²) in [4.78, 5) is 19.7. The van der Waals surface area contributed by atoms with Gasteiger partial charge in [-0.05, 0) is 24.3 Å². The number of carbonyl (C=O) groups is 1. The third-order valence-electron chi connectivity index (χ3n) is 3.57. The first-order valence-corrected chi connectivity index (χ1v) is 7.76. The van der Waals surface area contributed by atoms with Crippen molar-refractivity contribution in [2.45, 2.75) is 6.18 Å². The predicted octanol–water partition coefficient (Wildman–Crippen LogP) is 4.77. The zero-order valence-corrected chi connectivity index (χ0v) is 13.9.